The average molecular weight is 318 g/mol. The summed E-state index contributed by atoms with van der Waals surface area (Å²) in [7, 11) is 0. The molecule has 1 aromatic carbocycles. The zero-order valence-corrected chi connectivity index (χ0v) is 14.2. The molecule has 1 fully saturated rings. The highest BCUT2D eigenvalue weighted by atomic mass is 16.6. The molecule has 1 heterocycles. The lowest BCUT2D eigenvalue weighted by Crippen LogP contribution is -2.39. The molecule has 5 heteroatoms. The van der Waals surface area contributed by atoms with Crippen molar-refractivity contribution in [3.05, 3.63) is 35.4 Å². The molecule has 126 valence electrons. The Labute approximate surface area is 138 Å². The third-order valence-corrected chi connectivity index (χ3v) is 3.76. The topological polar surface area (TPSA) is 49.9 Å². The van der Waals surface area contributed by atoms with Crippen LogP contribution in [-0.2, 0) is 11.3 Å². The van der Waals surface area contributed by atoms with Crippen molar-refractivity contribution in [3.63, 3.8) is 0 Å². The van der Waals surface area contributed by atoms with E-state index in [9.17, 15) is 9.59 Å². The molecule has 2 rings (SSSR count). The first-order valence-corrected chi connectivity index (χ1v) is 8.12. The summed E-state index contributed by atoms with van der Waals surface area (Å²) in [6.45, 7) is 9.69. The summed E-state index contributed by atoms with van der Waals surface area (Å²) >= 11 is 0. The lowest BCUT2D eigenvalue weighted by atomic mass is 10.1. The third kappa shape index (κ3) is 5.67. The second-order valence-electron chi connectivity index (χ2n) is 6.96. The lowest BCUT2D eigenvalue weighted by Gasteiger charge is -2.26. The molecule has 0 aromatic heterocycles. The van der Waals surface area contributed by atoms with Gasteiger partial charge in [-0.25, -0.2) is 4.79 Å². The van der Waals surface area contributed by atoms with Gasteiger partial charge >= 0.3 is 6.09 Å². The summed E-state index contributed by atoms with van der Waals surface area (Å²) in [4.78, 5) is 27.0. The van der Waals surface area contributed by atoms with Crippen molar-refractivity contribution < 1.29 is 14.3 Å². The molecule has 1 saturated heterocycles. The Hall–Kier alpha value is -1.88. The quantitative estimate of drug-likeness (QED) is 0.804. The molecule has 0 radical (unpaired) electrons. The average Bonchev–Trinajstić information content (AvgIpc) is 2.72. The number of amides is 1. The first kappa shape index (κ1) is 17.5. The second kappa shape index (κ2) is 7.59. The number of ether oxygens (including phenoxy) is 1. The Morgan fingerprint density at radius 1 is 1.13 bits per heavy atom. The fourth-order valence-electron chi connectivity index (χ4n) is 2.60. The van der Waals surface area contributed by atoms with Gasteiger partial charge in [0.1, 0.15) is 11.9 Å². The summed E-state index contributed by atoms with van der Waals surface area (Å²) in [6, 6.07) is 7.65. The summed E-state index contributed by atoms with van der Waals surface area (Å²) in [5.74, 6) is 0. The molecule has 1 aliphatic rings. The molecule has 0 unspecified atom stereocenters. The smallest absolute Gasteiger partial charge is 0.410 e. The van der Waals surface area contributed by atoms with Gasteiger partial charge in [-0.2, -0.15) is 0 Å². The third-order valence-electron chi connectivity index (χ3n) is 3.76. The highest BCUT2D eigenvalue weighted by Crippen LogP contribution is 2.14. The van der Waals surface area contributed by atoms with Crippen LogP contribution in [0.5, 0.6) is 0 Å². The zero-order chi connectivity index (χ0) is 16.9. The molecule has 0 spiro atoms. The van der Waals surface area contributed by atoms with Gasteiger partial charge in [0.2, 0.25) is 0 Å². The predicted octanol–water partition coefficient (Wildman–Crippen LogP) is 2.94. The van der Waals surface area contributed by atoms with Crippen LogP contribution in [0.15, 0.2) is 24.3 Å². The van der Waals surface area contributed by atoms with Crippen LogP contribution in [0.1, 0.15) is 43.1 Å². The first-order valence-electron chi connectivity index (χ1n) is 8.12. The molecular formula is C18H26N2O3. The van der Waals surface area contributed by atoms with Crippen molar-refractivity contribution >= 4 is 12.4 Å². The lowest BCUT2D eigenvalue weighted by molar-refractivity contribution is 0.0257. The van der Waals surface area contributed by atoms with Gasteiger partial charge in [0.05, 0.1) is 0 Å². The molecule has 1 aliphatic heterocycles. The van der Waals surface area contributed by atoms with Crippen molar-refractivity contribution in [2.75, 3.05) is 26.2 Å². The van der Waals surface area contributed by atoms with Crippen LogP contribution in [0.25, 0.3) is 0 Å². The summed E-state index contributed by atoms with van der Waals surface area (Å²) in [6.07, 6.45) is 1.56. The van der Waals surface area contributed by atoms with Gasteiger partial charge in [0.25, 0.3) is 0 Å². The van der Waals surface area contributed by atoms with Crippen molar-refractivity contribution in [2.45, 2.75) is 39.3 Å². The Balaban J connectivity index is 1.87. The van der Waals surface area contributed by atoms with E-state index >= 15 is 0 Å². The van der Waals surface area contributed by atoms with E-state index in [-0.39, 0.29) is 6.09 Å². The van der Waals surface area contributed by atoms with Crippen LogP contribution >= 0.6 is 0 Å². The SMILES string of the molecule is CC(C)(C)OC(=O)N1CCCN(Cc2ccc(C=O)cc2)CC1. The maximum absolute atomic E-state index is 12.2. The summed E-state index contributed by atoms with van der Waals surface area (Å²) < 4.78 is 5.45. The minimum atomic E-state index is -0.455. The van der Waals surface area contributed by atoms with E-state index in [0.29, 0.717) is 12.1 Å². The van der Waals surface area contributed by atoms with Crippen LogP contribution < -0.4 is 0 Å². The minimum Gasteiger partial charge on any atom is -0.444 e. The number of benzene rings is 1. The number of rotatable bonds is 3. The van der Waals surface area contributed by atoms with E-state index in [1.807, 2.05) is 45.0 Å². The van der Waals surface area contributed by atoms with Gasteiger partial charge in [0.15, 0.2) is 0 Å². The molecule has 1 aromatic rings. The standard InChI is InChI=1S/C18H26N2O3/c1-18(2,3)23-17(22)20-10-4-9-19(11-12-20)13-15-5-7-16(14-21)8-6-15/h5-8,14H,4,9-13H2,1-3H3. The van der Waals surface area contributed by atoms with Gasteiger partial charge in [0, 0.05) is 38.3 Å². The Morgan fingerprint density at radius 2 is 1.83 bits per heavy atom. The Kier molecular flexibility index (Phi) is 5.77. The number of hydrogen-bond acceptors (Lipinski definition) is 4. The number of carbonyl (C=O) groups is 2. The number of carbonyl (C=O) groups excluding carboxylic acids is 2. The van der Waals surface area contributed by atoms with E-state index in [1.165, 1.54) is 5.56 Å². The highest BCUT2D eigenvalue weighted by molar-refractivity contribution is 5.74. The van der Waals surface area contributed by atoms with Crippen molar-refractivity contribution in [3.8, 4) is 0 Å². The van der Waals surface area contributed by atoms with Gasteiger partial charge in [-0.15, -0.1) is 0 Å². The van der Waals surface area contributed by atoms with Crippen molar-refractivity contribution in [1.82, 2.24) is 9.80 Å². The molecular weight excluding hydrogens is 292 g/mol. The molecule has 0 bridgehead atoms. The molecule has 0 N–H and O–H groups in total. The molecule has 23 heavy (non-hydrogen) atoms. The molecule has 0 atom stereocenters. The number of nitrogens with zero attached hydrogens (tertiary/aromatic N) is 2. The van der Waals surface area contributed by atoms with Crippen LogP contribution in [0.2, 0.25) is 0 Å². The normalized spacial score (nSPS) is 16.7. The molecule has 5 nitrogen and oxygen atoms in total. The predicted molar refractivity (Wildman–Crippen MR) is 89.5 cm³/mol. The van der Waals surface area contributed by atoms with Crippen LogP contribution in [0.4, 0.5) is 4.79 Å². The Morgan fingerprint density at radius 3 is 2.43 bits per heavy atom. The fraction of sp³-hybridized carbons (Fsp3) is 0.556. The minimum absolute atomic E-state index is 0.227. The maximum Gasteiger partial charge on any atom is 0.410 e. The number of hydrogen-bond donors (Lipinski definition) is 0. The Bertz CT molecular complexity index is 534. The van der Waals surface area contributed by atoms with Crippen molar-refractivity contribution in [2.24, 2.45) is 0 Å². The highest BCUT2D eigenvalue weighted by Gasteiger charge is 2.24. The van der Waals surface area contributed by atoms with E-state index in [2.05, 4.69) is 4.90 Å². The monoisotopic (exact) mass is 318 g/mol. The summed E-state index contributed by atoms with van der Waals surface area (Å²) in [5.41, 5.74) is 1.42. The van der Waals surface area contributed by atoms with E-state index < -0.39 is 5.60 Å². The van der Waals surface area contributed by atoms with Gasteiger partial charge < -0.3 is 9.64 Å². The zero-order valence-electron chi connectivity index (χ0n) is 14.2. The van der Waals surface area contributed by atoms with E-state index in [0.717, 1.165) is 38.9 Å². The van der Waals surface area contributed by atoms with Crippen molar-refractivity contribution in [1.29, 1.82) is 0 Å². The van der Waals surface area contributed by atoms with Crippen LogP contribution in [0.3, 0.4) is 0 Å². The molecule has 1 amide bonds. The second-order valence-corrected chi connectivity index (χ2v) is 6.96. The van der Waals surface area contributed by atoms with E-state index in [4.69, 9.17) is 4.74 Å². The number of aldehydes is 1. The largest absolute Gasteiger partial charge is 0.444 e. The maximum atomic E-state index is 12.2. The molecule has 0 saturated carbocycles. The fourth-order valence-corrected chi connectivity index (χ4v) is 2.60. The first-order chi connectivity index (χ1) is 10.9. The summed E-state index contributed by atoms with van der Waals surface area (Å²) in [5, 5.41) is 0. The van der Waals surface area contributed by atoms with Crippen LogP contribution in [-0.4, -0.2) is 54.0 Å². The van der Waals surface area contributed by atoms with Gasteiger partial charge in [-0.05, 0) is 32.8 Å². The van der Waals surface area contributed by atoms with Crippen LogP contribution in [0, 0.1) is 0 Å². The van der Waals surface area contributed by atoms with Gasteiger partial charge in [-0.1, -0.05) is 24.3 Å². The molecule has 0 aliphatic carbocycles. The van der Waals surface area contributed by atoms with Gasteiger partial charge in [-0.3, -0.25) is 9.69 Å². The van der Waals surface area contributed by atoms with E-state index in [1.54, 1.807) is 4.90 Å².